The molecule has 0 fully saturated rings. The Balaban J connectivity index is 1.73. The molecule has 0 saturated carbocycles. The summed E-state index contributed by atoms with van der Waals surface area (Å²) in [5.41, 5.74) is 4.28. The summed E-state index contributed by atoms with van der Waals surface area (Å²) in [4.78, 5) is 12.7. The lowest BCUT2D eigenvalue weighted by Gasteiger charge is -2.14. The van der Waals surface area contributed by atoms with Crippen molar-refractivity contribution in [1.82, 2.24) is 0 Å². The van der Waals surface area contributed by atoms with Gasteiger partial charge in [-0.1, -0.05) is 61.9 Å². The molecule has 0 aliphatic carbocycles. The minimum Gasteiger partial charge on any atom is -0.508 e. The average Bonchev–Trinajstić information content (AvgIpc) is 2.73. The third-order valence-electron chi connectivity index (χ3n) is 5.01. The first-order valence-corrected chi connectivity index (χ1v) is 9.83. The quantitative estimate of drug-likeness (QED) is 0.326. The molecular weight excluding hydrogens is 362 g/mol. The van der Waals surface area contributed by atoms with E-state index in [1.165, 1.54) is 0 Å². The number of aryl methyl sites for hydroxylation is 1. The van der Waals surface area contributed by atoms with Crippen LogP contribution in [-0.4, -0.2) is 5.11 Å². The van der Waals surface area contributed by atoms with Gasteiger partial charge in [0.05, 0.1) is 0 Å². The van der Waals surface area contributed by atoms with E-state index in [1.807, 2.05) is 60.7 Å². The summed E-state index contributed by atoms with van der Waals surface area (Å²) in [6.07, 6.45) is 2.29. The molecule has 4 aromatic rings. The van der Waals surface area contributed by atoms with Gasteiger partial charge in [0.2, 0.25) is 0 Å². The molecule has 0 aliphatic heterocycles. The van der Waals surface area contributed by atoms with Gasteiger partial charge in [-0.3, -0.25) is 0 Å². The summed E-state index contributed by atoms with van der Waals surface area (Å²) in [5, 5.41) is 14.5. The highest BCUT2D eigenvalue weighted by Crippen LogP contribution is 2.29. The molecule has 0 saturated heterocycles. The van der Waals surface area contributed by atoms with Crippen molar-refractivity contribution in [2.45, 2.75) is 26.2 Å². The van der Waals surface area contributed by atoms with Crippen molar-refractivity contribution in [2.75, 3.05) is 5.32 Å². The summed E-state index contributed by atoms with van der Waals surface area (Å²) in [6.45, 7) is 2.09. The number of phenols is 1. The summed E-state index contributed by atoms with van der Waals surface area (Å²) < 4.78 is 5.53. The SMILES string of the molecule is CCCc1c(Nc2ccc(O)c(Cc3ccccc3)c2)c(=O)oc2ccccc12. The highest BCUT2D eigenvalue weighted by atomic mass is 16.4. The molecule has 3 aromatic carbocycles. The van der Waals surface area contributed by atoms with Crippen LogP contribution in [0.1, 0.15) is 30.0 Å². The van der Waals surface area contributed by atoms with Crippen LogP contribution in [0.4, 0.5) is 11.4 Å². The van der Waals surface area contributed by atoms with Crippen LogP contribution in [-0.2, 0) is 12.8 Å². The van der Waals surface area contributed by atoms with Crippen LogP contribution >= 0.6 is 0 Å². The van der Waals surface area contributed by atoms with Gasteiger partial charge in [-0.15, -0.1) is 0 Å². The van der Waals surface area contributed by atoms with Crippen LogP contribution in [0.5, 0.6) is 5.75 Å². The molecule has 0 amide bonds. The van der Waals surface area contributed by atoms with E-state index in [0.717, 1.165) is 40.6 Å². The third-order valence-corrected chi connectivity index (χ3v) is 5.01. The van der Waals surface area contributed by atoms with E-state index in [0.29, 0.717) is 17.7 Å². The van der Waals surface area contributed by atoms with Gasteiger partial charge < -0.3 is 14.8 Å². The lowest BCUT2D eigenvalue weighted by molar-refractivity contribution is 0.469. The van der Waals surface area contributed by atoms with Gasteiger partial charge >= 0.3 is 5.63 Å². The van der Waals surface area contributed by atoms with E-state index in [4.69, 9.17) is 4.42 Å². The number of nitrogens with one attached hydrogen (secondary N) is 1. The number of hydrogen-bond donors (Lipinski definition) is 2. The van der Waals surface area contributed by atoms with Crippen molar-refractivity contribution < 1.29 is 9.52 Å². The van der Waals surface area contributed by atoms with Crippen molar-refractivity contribution in [1.29, 1.82) is 0 Å². The van der Waals surface area contributed by atoms with Gasteiger partial charge in [-0.25, -0.2) is 4.79 Å². The highest BCUT2D eigenvalue weighted by Gasteiger charge is 2.15. The number of anilines is 2. The van der Waals surface area contributed by atoms with Crippen LogP contribution in [0, 0.1) is 0 Å². The molecule has 0 unspecified atom stereocenters. The molecular formula is C25H23NO3. The number of aromatic hydroxyl groups is 1. The Hall–Kier alpha value is -3.53. The standard InChI is InChI=1S/C25H23NO3/c1-2-8-21-20-11-6-7-12-23(20)29-25(28)24(21)26-19-13-14-22(27)18(16-19)15-17-9-4-3-5-10-17/h3-7,9-14,16,26-27H,2,8,15H2,1H3. The zero-order valence-corrected chi connectivity index (χ0v) is 16.3. The number of benzene rings is 3. The lowest BCUT2D eigenvalue weighted by atomic mass is 10.0. The number of rotatable bonds is 6. The highest BCUT2D eigenvalue weighted by molar-refractivity contribution is 5.86. The fraction of sp³-hybridized carbons (Fsp3) is 0.160. The largest absolute Gasteiger partial charge is 0.508 e. The number of fused-ring (bicyclic) bond motifs is 1. The topological polar surface area (TPSA) is 62.5 Å². The Morgan fingerprint density at radius 3 is 2.52 bits per heavy atom. The minimum absolute atomic E-state index is 0.235. The van der Waals surface area contributed by atoms with Gasteiger partial charge in [0, 0.05) is 23.1 Å². The predicted octanol–water partition coefficient (Wildman–Crippen LogP) is 5.79. The van der Waals surface area contributed by atoms with E-state index < -0.39 is 0 Å². The summed E-state index contributed by atoms with van der Waals surface area (Å²) in [7, 11) is 0. The molecule has 2 N–H and O–H groups in total. The second-order valence-corrected chi connectivity index (χ2v) is 7.12. The number of phenolic OH excluding ortho intramolecular Hbond substituents is 1. The van der Waals surface area contributed by atoms with Gasteiger partial charge in [-0.05, 0) is 41.8 Å². The van der Waals surface area contributed by atoms with Crippen molar-refractivity contribution in [3.8, 4) is 5.75 Å². The molecule has 29 heavy (non-hydrogen) atoms. The maximum absolute atomic E-state index is 12.7. The summed E-state index contributed by atoms with van der Waals surface area (Å²) in [5.74, 6) is 0.235. The van der Waals surface area contributed by atoms with Crippen molar-refractivity contribution in [3.63, 3.8) is 0 Å². The molecule has 0 bridgehead atoms. The van der Waals surface area contributed by atoms with Gasteiger partial charge in [0.1, 0.15) is 17.0 Å². The van der Waals surface area contributed by atoms with E-state index >= 15 is 0 Å². The van der Waals surface area contributed by atoms with Crippen LogP contribution < -0.4 is 10.9 Å². The maximum atomic E-state index is 12.7. The maximum Gasteiger partial charge on any atom is 0.360 e. The molecule has 146 valence electrons. The van der Waals surface area contributed by atoms with Crippen molar-refractivity contribution in [3.05, 3.63) is 99.9 Å². The first kappa shape index (κ1) is 18.8. The van der Waals surface area contributed by atoms with E-state index in [-0.39, 0.29) is 11.4 Å². The van der Waals surface area contributed by atoms with Crippen LogP contribution in [0.3, 0.4) is 0 Å². The average molecular weight is 385 g/mol. The molecule has 0 spiro atoms. The molecule has 0 aliphatic rings. The minimum atomic E-state index is -0.384. The second-order valence-electron chi connectivity index (χ2n) is 7.12. The fourth-order valence-corrected chi connectivity index (χ4v) is 3.61. The summed E-state index contributed by atoms with van der Waals surface area (Å²) in [6, 6.07) is 22.9. The molecule has 1 heterocycles. The van der Waals surface area contributed by atoms with Crippen LogP contribution in [0.25, 0.3) is 11.0 Å². The molecule has 0 radical (unpaired) electrons. The third kappa shape index (κ3) is 4.02. The monoisotopic (exact) mass is 385 g/mol. The number of para-hydroxylation sites is 1. The molecule has 0 atom stereocenters. The predicted molar refractivity (Wildman–Crippen MR) is 117 cm³/mol. The number of hydrogen-bond acceptors (Lipinski definition) is 4. The lowest BCUT2D eigenvalue weighted by Crippen LogP contribution is -2.11. The van der Waals surface area contributed by atoms with E-state index in [2.05, 4.69) is 12.2 Å². The summed E-state index contributed by atoms with van der Waals surface area (Å²) >= 11 is 0. The Bertz CT molecular complexity index is 1200. The molecule has 4 heteroatoms. The Morgan fingerprint density at radius 1 is 0.966 bits per heavy atom. The van der Waals surface area contributed by atoms with Gasteiger partial charge in [0.25, 0.3) is 0 Å². The van der Waals surface area contributed by atoms with E-state index in [1.54, 1.807) is 12.1 Å². The smallest absolute Gasteiger partial charge is 0.360 e. The molecule has 4 nitrogen and oxygen atoms in total. The Labute approximate surface area is 169 Å². The zero-order valence-electron chi connectivity index (χ0n) is 16.3. The van der Waals surface area contributed by atoms with Crippen molar-refractivity contribution >= 4 is 22.3 Å². The van der Waals surface area contributed by atoms with Crippen LogP contribution in [0.2, 0.25) is 0 Å². The Kier molecular flexibility index (Phi) is 5.34. The first-order chi connectivity index (χ1) is 14.2. The van der Waals surface area contributed by atoms with Gasteiger partial charge in [-0.2, -0.15) is 0 Å². The van der Waals surface area contributed by atoms with E-state index in [9.17, 15) is 9.90 Å². The molecule has 1 aromatic heterocycles. The second kappa shape index (κ2) is 8.23. The molecule has 4 rings (SSSR count). The Morgan fingerprint density at radius 2 is 1.72 bits per heavy atom. The van der Waals surface area contributed by atoms with Gasteiger partial charge in [0.15, 0.2) is 0 Å². The fourth-order valence-electron chi connectivity index (χ4n) is 3.61. The zero-order chi connectivity index (χ0) is 20.2. The van der Waals surface area contributed by atoms with Crippen LogP contribution in [0.15, 0.2) is 82.0 Å². The van der Waals surface area contributed by atoms with Crippen molar-refractivity contribution in [2.24, 2.45) is 0 Å². The normalized spacial score (nSPS) is 10.9. The first-order valence-electron chi connectivity index (χ1n) is 9.83.